The van der Waals surface area contributed by atoms with Crippen molar-refractivity contribution in [2.24, 2.45) is 17.6 Å². The van der Waals surface area contributed by atoms with Gasteiger partial charge < -0.3 is 5.73 Å². The quantitative estimate of drug-likeness (QED) is 0.914. The van der Waals surface area contributed by atoms with Gasteiger partial charge in [0.1, 0.15) is 5.82 Å². The third-order valence-corrected chi connectivity index (χ3v) is 3.82. The molecule has 0 aliphatic carbocycles. The zero-order valence-electron chi connectivity index (χ0n) is 10.2. The van der Waals surface area contributed by atoms with E-state index in [0.29, 0.717) is 18.1 Å². The fourth-order valence-corrected chi connectivity index (χ4v) is 2.65. The van der Waals surface area contributed by atoms with Crippen LogP contribution in [-0.2, 0) is 11.3 Å². The molecule has 0 aromatic heterocycles. The standard InChI is InChI=1S/C13H16ClFN2O/c1-8-5-17(7-11(8)13(16)18)6-9-4-10(15)2-3-12(9)14/h2-4,8,11H,5-7H2,1H3,(H2,16,18)/t8-,11-/m1/s1. The lowest BCUT2D eigenvalue weighted by atomic mass is 9.98. The Morgan fingerprint density at radius 2 is 2.28 bits per heavy atom. The average molecular weight is 271 g/mol. The zero-order valence-corrected chi connectivity index (χ0v) is 11.0. The van der Waals surface area contributed by atoms with E-state index in [1.165, 1.54) is 12.1 Å². The largest absolute Gasteiger partial charge is 0.369 e. The van der Waals surface area contributed by atoms with Crippen molar-refractivity contribution in [2.75, 3.05) is 13.1 Å². The van der Waals surface area contributed by atoms with Crippen molar-refractivity contribution >= 4 is 17.5 Å². The highest BCUT2D eigenvalue weighted by Crippen LogP contribution is 2.26. The molecule has 1 heterocycles. The number of carbonyl (C=O) groups excluding carboxylic acids is 1. The van der Waals surface area contributed by atoms with E-state index in [9.17, 15) is 9.18 Å². The first-order valence-electron chi connectivity index (χ1n) is 5.93. The number of benzene rings is 1. The Balaban J connectivity index is 2.07. The van der Waals surface area contributed by atoms with Gasteiger partial charge in [-0.3, -0.25) is 9.69 Å². The molecule has 3 nitrogen and oxygen atoms in total. The average Bonchev–Trinajstić information content (AvgIpc) is 2.65. The summed E-state index contributed by atoms with van der Waals surface area (Å²) in [6, 6.07) is 4.33. The predicted molar refractivity (Wildman–Crippen MR) is 68.5 cm³/mol. The zero-order chi connectivity index (χ0) is 13.3. The van der Waals surface area contributed by atoms with Crippen LogP contribution in [0.2, 0.25) is 5.02 Å². The predicted octanol–water partition coefficient (Wildman–Crippen LogP) is 2.03. The maximum atomic E-state index is 13.2. The number of rotatable bonds is 3. The fourth-order valence-electron chi connectivity index (χ4n) is 2.47. The maximum Gasteiger partial charge on any atom is 0.222 e. The second-order valence-corrected chi connectivity index (χ2v) is 5.32. The van der Waals surface area contributed by atoms with Crippen LogP contribution in [0.4, 0.5) is 4.39 Å². The number of primary amides is 1. The van der Waals surface area contributed by atoms with Crippen molar-refractivity contribution in [1.29, 1.82) is 0 Å². The Bertz CT molecular complexity index is 466. The van der Waals surface area contributed by atoms with Crippen molar-refractivity contribution in [1.82, 2.24) is 4.90 Å². The molecule has 1 saturated heterocycles. The molecule has 2 N–H and O–H groups in total. The molecule has 1 aromatic rings. The molecule has 5 heteroatoms. The minimum absolute atomic E-state index is 0.127. The number of likely N-dealkylation sites (tertiary alicyclic amines) is 1. The summed E-state index contributed by atoms with van der Waals surface area (Å²) < 4.78 is 13.2. The molecule has 0 radical (unpaired) electrons. The molecular formula is C13H16ClFN2O. The molecule has 0 saturated carbocycles. The topological polar surface area (TPSA) is 46.3 Å². The molecule has 2 rings (SSSR count). The van der Waals surface area contributed by atoms with E-state index in [2.05, 4.69) is 4.90 Å². The molecule has 0 bridgehead atoms. The first kappa shape index (κ1) is 13.3. The van der Waals surface area contributed by atoms with Gasteiger partial charge in [0.2, 0.25) is 5.91 Å². The number of nitrogens with two attached hydrogens (primary N) is 1. The van der Waals surface area contributed by atoms with Crippen LogP contribution in [0.3, 0.4) is 0 Å². The van der Waals surface area contributed by atoms with Crippen LogP contribution in [0, 0.1) is 17.7 Å². The van der Waals surface area contributed by atoms with Crippen LogP contribution in [0.5, 0.6) is 0 Å². The molecule has 98 valence electrons. The van der Waals surface area contributed by atoms with Crippen LogP contribution in [0.25, 0.3) is 0 Å². The number of hydrogen-bond donors (Lipinski definition) is 1. The van der Waals surface area contributed by atoms with Gasteiger partial charge in [0, 0.05) is 24.7 Å². The van der Waals surface area contributed by atoms with E-state index >= 15 is 0 Å². The molecule has 0 unspecified atom stereocenters. The van der Waals surface area contributed by atoms with Crippen LogP contribution in [0.1, 0.15) is 12.5 Å². The maximum absolute atomic E-state index is 13.2. The van der Waals surface area contributed by atoms with Crippen molar-refractivity contribution in [2.45, 2.75) is 13.5 Å². The highest BCUT2D eigenvalue weighted by atomic mass is 35.5. The molecule has 1 aliphatic heterocycles. The summed E-state index contributed by atoms with van der Waals surface area (Å²) in [4.78, 5) is 13.3. The molecule has 2 atom stereocenters. The number of nitrogens with zero attached hydrogens (tertiary/aromatic N) is 1. The van der Waals surface area contributed by atoms with Gasteiger partial charge in [-0.1, -0.05) is 18.5 Å². The van der Waals surface area contributed by atoms with Crippen LogP contribution < -0.4 is 5.73 Å². The Kier molecular flexibility index (Phi) is 3.88. The Morgan fingerprint density at radius 1 is 1.56 bits per heavy atom. The number of halogens is 2. The van der Waals surface area contributed by atoms with Gasteiger partial charge in [-0.15, -0.1) is 0 Å². The van der Waals surface area contributed by atoms with E-state index in [1.54, 1.807) is 6.07 Å². The van der Waals surface area contributed by atoms with E-state index in [1.807, 2.05) is 6.92 Å². The number of carbonyl (C=O) groups is 1. The van der Waals surface area contributed by atoms with Gasteiger partial charge in [-0.2, -0.15) is 0 Å². The van der Waals surface area contributed by atoms with Crippen LogP contribution in [-0.4, -0.2) is 23.9 Å². The van der Waals surface area contributed by atoms with Crippen molar-refractivity contribution in [3.63, 3.8) is 0 Å². The van der Waals surface area contributed by atoms with Crippen LogP contribution in [0.15, 0.2) is 18.2 Å². The second-order valence-electron chi connectivity index (χ2n) is 4.92. The minimum Gasteiger partial charge on any atom is -0.369 e. The Hall–Kier alpha value is -1.13. The molecule has 1 aromatic carbocycles. The van der Waals surface area contributed by atoms with Crippen molar-refractivity contribution in [3.05, 3.63) is 34.6 Å². The second kappa shape index (κ2) is 5.24. The third kappa shape index (κ3) is 2.82. The summed E-state index contributed by atoms with van der Waals surface area (Å²) in [5, 5.41) is 0.548. The lowest BCUT2D eigenvalue weighted by Crippen LogP contribution is -2.29. The summed E-state index contributed by atoms with van der Waals surface area (Å²) >= 11 is 6.03. The van der Waals surface area contributed by atoms with Gasteiger partial charge in [0.25, 0.3) is 0 Å². The molecule has 1 aliphatic rings. The molecule has 18 heavy (non-hydrogen) atoms. The Labute approximate surface area is 111 Å². The van der Waals surface area contributed by atoms with Crippen LogP contribution >= 0.6 is 11.6 Å². The number of amides is 1. The molecule has 1 fully saturated rings. The van der Waals surface area contributed by atoms with Gasteiger partial charge in [0.15, 0.2) is 0 Å². The van der Waals surface area contributed by atoms with Gasteiger partial charge >= 0.3 is 0 Å². The first-order chi connectivity index (χ1) is 8.47. The van der Waals surface area contributed by atoms with Gasteiger partial charge in [0.05, 0.1) is 5.92 Å². The fraction of sp³-hybridized carbons (Fsp3) is 0.462. The van der Waals surface area contributed by atoms with E-state index < -0.39 is 0 Å². The smallest absolute Gasteiger partial charge is 0.222 e. The van der Waals surface area contributed by atoms with E-state index in [4.69, 9.17) is 17.3 Å². The molecule has 1 amide bonds. The summed E-state index contributed by atoms with van der Waals surface area (Å²) in [5.74, 6) is -0.462. The van der Waals surface area contributed by atoms with Crippen molar-refractivity contribution < 1.29 is 9.18 Å². The first-order valence-corrected chi connectivity index (χ1v) is 6.30. The Morgan fingerprint density at radius 3 is 2.89 bits per heavy atom. The lowest BCUT2D eigenvalue weighted by Gasteiger charge is -2.16. The highest BCUT2D eigenvalue weighted by molar-refractivity contribution is 6.31. The highest BCUT2D eigenvalue weighted by Gasteiger charge is 2.33. The minimum atomic E-state index is -0.298. The summed E-state index contributed by atoms with van der Waals surface area (Å²) in [6.07, 6.45) is 0. The number of hydrogen-bond acceptors (Lipinski definition) is 2. The summed E-state index contributed by atoms with van der Waals surface area (Å²) in [7, 11) is 0. The van der Waals surface area contributed by atoms with Crippen molar-refractivity contribution in [3.8, 4) is 0 Å². The SMILES string of the molecule is C[C@@H]1CN(Cc2cc(F)ccc2Cl)C[C@H]1C(N)=O. The summed E-state index contributed by atoms with van der Waals surface area (Å²) in [5.41, 5.74) is 6.09. The van der Waals surface area contributed by atoms with E-state index in [0.717, 1.165) is 12.1 Å². The monoisotopic (exact) mass is 270 g/mol. The summed E-state index contributed by atoms with van der Waals surface area (Å²) in [6.45, 7) is 3.94. The lowest BCUT2D eigenvalue weighted by molar-refractivity contribution is -0.122. The third-order valence-electron chi connectivity index (χ3n) is 3.46. The molecular weight excluding hydrogens is 255 g/mol. The van der Waals surface area contributed by atoms with Gasteiger partial charge in [-0.05, 0) is 29.7 Å². The molecule has 0 spiro atoms. The normalized spacial score (nSPS) is 24.4. The van der Waals surface area contributed by atoms with Gasteiger partial charge in [-0.25, -0.2) is 4.39 Å². The van der Waals surface area contributed by atoms with E-state index in [-0.39, 0.29) is 23.6 Å².